The van der Waals surface area contributed by atoms with Gasteiger partial charge in [-0.3, -0.25) is 0 Å². The van der Waals surface area contributed by atoms with Gasteiger partial charge in [-0.2, -0.15) is 17.6 Å². The van der Waals surface area contributed by atoms with Crippen LogP contribution in [0.3, 0.4) is 0 Å². The minimum Gasteiger partial charge on any atom is -0.464 e. The lowest BCUT2D eigenvalue weighted by atomic mass is 10.0. The number of benzene rings is 2. The van der Waals surface area contributed by atoms with Gasteiger partial charge in [-0.05, 0) is 41.1 Å². The molecule has 0 fully saturated rings. The first kappa shape index (κ1) is 24.6. The average molecular weight is 505 g/mol. The van der Waals surface area contributed by atoms with E-state index >= 15 is 0 Å². The van der Waals surface area contributed by atoms with E-state index in [0.29, 0.717) is 32.9 Å². The molecule has 182 valence electrons. The summed E-state index contributed by atoms with van der Waals surface area (Å²) in [5.74, 6) is -1.24. The largest absolute Gasteiger partial charge is 0.464 e. The van der Waals surface area contributed by atoms with E-state index in [4.69, 9.17) is 10.5 Å². The van der Waals surface area contributed by atoms with Crippen LogP contribution in [-0.4, -0.2) is 35.6 Å². The van der Waals surface area contributed by atoms with Crippen LogP contribution in [0.25, 0.3) is 21.2 Å². The maximum Gasteiger partial charge on any atom is 0.416 e. The lowest BCUT2D eigenvalue weighted by molar-refractivity contribution is -0.137. The van der Waals surface area contributed by atoms with Gasteiger partial charge < -0.3 is 15.8 Å². The SMILES string of the molecule is COC(=O)c1nc(NC[C@@H](N)Cc2ccc(C(F)(F)F)cc2)sc1-c1ccc2cnc(F)cc2c1. The van der Waals surface area contributed by atoms with Crippen LogP contribution in [-0.2, 0) is 17.3 Å². The van der Waals surface area contributed by atoms with Gasteiger partial charge >= 0.3 is 12.1 Å². The monoisotopic (exact) mass is 504 g/mol. The Balaban J connectivity index is 1.50. The van der Waals surface area contributed by atoms with Crippen molar-refractivity contribution in [2.45, 2.75) is 18.6 Å². The lowest BCUT2D eigenvalue weighted by Crippen LogP contribution is -2.31. The third kappa shape index (κ3) is 5.75. The normalized spacial score (nSPS) is 12.5. The van der Waals surface area contributed by atoms with Gasteiger partial charge in [-0.25, -0.2) is 14.8 Å². The number of fused-ring (bicyclic) bond motifs is 1. The van der Waals surface area contributed by atoms with Crippen molar-refractivity contribution in [1.29, 1.82) is 0 Å². The Bertz CT molecular complexity index is 1360. The van der Waals surface area contributed by atoms with Crippen LogP contribution in [0.2, 0.25) is 0 Å². The lowest BCUT2D eigenvalue weighted by Gasteiger charge is -2.13. The van der Waals surface area contributed by atoms with Gasteiger partial charge in [-0.1, -0.05) is 35.6 Å². The standard InChI is InChI=1S/C24H20F4N4O2S/c1-34-22(33)20-21(14-4-5-15-11-30-19(25)10-16(15)9-14)35-23(32-20)31-12-18(29)8-13-2-6-17(7-3-13)24(26,27)28/h2-7,9-11,18H,8,12,29H2,1H3,(H,31,32)/t18-/m0/s1. The zero-order valence-electron chi connectivity index (χ0n) is 18.4. The molecule has 2 heterocycles. The molecule has 0 radical (unpaired) electrons. The van der Waals surface area contributed by atoms with E-state index in [-0.39, 0.29) is 12.2 Å². The number of hydrogen-bond donors (Lipinski definition) is 2. The predicted octanol–water partition coefficient (Wildman–Crippen LogP) is 5.28. The van der Waals surface area contributed by atoms with E-state index in [2.05, 4.69) is 15.3 Å². The minimum atomic E-state index is -4.39. The number of ether oxygens (including phenoxy) is 1. The van der Waals surface area contributed by atoms with Crippen molar-refractivity contribution in [2.24, 2.45) is 5.73 Å². The molecular weight excluding hydrogens is 484 g/mol. The molecule has 0 spiro atoms. The van der Waals surface area contributed by atoms with Crippen LogP contribution in [0, 0.1) is 5.95 Å². The molecule has 0 saturated heterocycles. The van der Waals surface area contributed by atoms with Gasteiger partial charge in [0.15, 0.2) is 10.8 Å². The molecule has 0 aliphatic heterocycles. The van der Waals surface area contributed by atoms with Crippen molar-refractivity contribution >= 4 is 33.2 Å². The number of hydrogen-bond acceptors (Lipinski definition) is 7. The molecule has 35 heavy (non-hydrogen) atoms. The Labute approximate surface area is 201 Å². The topological polar surface area (TPSA) is 90.1 Å². The van der Waals surface area contributed by atoms with Crippen LogP contribution in [0.4, 0.5) is 22.7 Å². The highest BCUT2D eigenvalue weighted by Crippen LogP contribution is 2.35. The van der Waals surface area contributed by atoms with Crippen molar-refractivity contribution in [1.82, 2.24) is 9.97 Å². The predicted molar refractivity (Wildman–Crippen MR) is 126 cm³/mol. The minimum absolute atomic E-state index is 0.102. The number of methoxy groups -OCH3 is 1. The molecule has 3 N–H and O–H groups in total. The molecule has 2 aromatic heterocycles. The summed E-state index contributed by atoms with van der Waals surface area (Å²) < 4.78 is 56.6. The number of aromatic nitrogens is 2. The quantitative estimate of drug-likeness (QED) is 0.202. The smallest absolute Gasteiger partial charge is 0.416 e. The molecule has 4 rings (SSSR count). The maximum atomic E-state index is 13.6. The Morgan fingerprint density at radius 2 is 1.89 bits per heavy atom. The van der Waals surface area contributed by atoms with E-state index in [1.165, 1.54) is 42.8 Å². The number of thiazole rings is 1. The summed E-state index contributed by atoms with van der Waals surface area (Å²) in [5.41, 5.74) is 6.86. The fraction of sp³-hybridized carbons (Fsp3) is 0.208. The first-order chi connectivity index (χ1) is 16.6. The Morgan fingerprint density at radius 3 is 2.57 bits per heavy atom. The maximum absolute atomic E-state index is 13.6. The van der Waals surface area contributed by atoms with Crippen LogP contribution in [0.1, 0.15) is 21.6 Å². The highest BCUT2D eigenvalue weighted by Gasteiger charge is 2.30. The fourth-order valence-electron chi connectivity index (χ4n) is 3.50. The van der Waals surface area contributed by atoms with E-state index in [1.54, 1.807) is 18.2 Å². The number of esters is 1. The second kappa shape index (κ2) is 9.96. The zero-order valence-corrected chi connectivity index (χ0v) is 19.2. The molecular formula is C24H20F4N4O2S. The molecule has 0 saturated carbocycles. The number of carbonyl (C=O) groups is 1. The van der Waals surface area contributed by atoms with Crippen LogP contribution < -0.4 is 11.1 Å². The van der Waals surface area contributed by atoms with Crippen molar-refractivity contribution in [3.05, 3.63) is 77.5 Å². The van der Waals surface area contributed by atoms with Gasteiger partial charge in [0.05, 0.1) is 17.6 Å². The number of rotatable bonds is 7. The summed E-state index contributed by atoms with van der Waals surface area (Å²) >= 11 is 1.21. The summed E-state index contributed by atoms with van der Waals surface area (Å²) in [4.78, 5) is 20.8. The molecule has 0 amide bonds. The number of nitrogens with one attached hydrogen (secondary N) is 1. The third-order valence-electron chi connectivity index (χ3n) is 5.25. The molecule has 0 aliphatic rings. The number of pyridine rings is 1. The van der Waals surface area contributed by atoms with Crippen molar-refractivity contribution < 1.29 is 27.1 Å². The first-order valence-corrected chi connectivity index (χ1v) is 11.3. The first-order valence-electron chi connectivity index (χ1n) is 10.4. The van der Waals surface area contributed by atoms with Gasteiger partial charge in [0, 0.05) is 30.2 Å². The van der Waals surface area contributed by atoms with Crippen molar-refractivity contribution in [3.8, 4) is 10.4 Å². The Hall–Kier alpha value is -3.57. The zero-order chi connectivity index (χ0) is 25.2. The van der Waals surface area contributed by atoms with Gasteiger partial charge in [0.2, 0.25) is 5.95 Å². The Kier molecular flexibility index (Phi) is 6.99. The number of carbonyl (C=O) groups excluding carboxylic acids is 1. The number of nitrogens with two attached hydrogens (primary N) is 1. The van der Waals surface area contributed by atoms with E-state index in [9.17, 15) is 22.4 Å². The van der Waals surface area contributed by atoms with Crippen LogP contribution in [0.15, 0.2) is 54.7 Å². The van der Waals surface area contributed by atoms with E-state index < -0.39 is 29.7 Å². The van der Waals surface area contributed by atoms with Crippen LogP contribution in [0.5, 0.6) is 0 Å². The number of nitrogens with zero attached hydrogens (tertiary/aromatic N) is 2. The highest BCUT2D eigenvalue weighted by atomic mass is 32.1. The van der Waals surface area contributed by atoms with Crippen molar-refractivity contribution in [2.75, 3.05) is 19.0 Å². The average Bonchev–Trinajstić information content (AvgIpc) is 3.26. The molecule has 2 aromatic carbocycles. The number of anilines is 1. The van der Waals surface area contributed by atoms with Crippen molar-refractivity contribution in [3.63, 3.8) is 0 Å². The summed E-state index contributed by atoms with van der Waals surface area (Å²) in [7, 11) is 1.25. The summed E-state index contributed by atoms with van der Waals surface area (Å²) in [6.45, 7) is 0.267. The summed E-state index contributed by atoms with van der Waals surface area (Å²) in [6, 6.07) is 11.0. The van der Waals surface area contributed by atoms with Gasteiger partial charge in [-0.15, -0.1) is 0 Å². The molecule has 0 aliphatic carbocycles. The number of halogens is 4. The van der Waals surface area contributed by atoms with E-state index in [0.717, 1.165) is 17.5 Å². The number of alkyl halides is 3. The molecule has 6 nitrogen and oxygen atoms in total. The molecule has 0 unspecified atom stereocenters. The van der Waals surface area contributed by atoms with E-state index in [1.807, 2.05) is 0 Å². The second-order valence-electron chi connectivity index (χ2n) is 7.80. The Morgan fingerprint density at radius 1 is 1.14 bits per heavy atom. The molecule has 4 aromatic rings. The summed E-state index contributed by atoms with van der Waals surface area (Å²) in [6.07, 6.45) is -2.62. The van der Waals surface area contributed by atoms with Gasteiger partial charge in [0.25, 0.3) is 0 Å². The fourth-order valence-corrected chi connectivity index (χ4v) is 4.46. The molecule has 0 bridgehead atoms. The summed E-state index contributed by atoms with van der Waals surface area (Å²) in [5, 5.41) is 4.86. The molecule has 11 heteroatoms. The molecule has 1 atom stereocenters. The van der Waals surface area contributed by atoms with Crippen LogP contribution >= 0.6 is 11.3 Å². The second-order valence-corrected chi connectivity index (χ2v) is 8.80. The van der Waals surface area contributed by atoms with Gasteiger partial charge in [0.1, 0.15) is 0 Å². The highest BCUT2D eigenvalue weighted by molar-refractivity contribution is 7.19. The third-order valence-corrected chi connectivity index (χ3v) is 6.31.